The van der Waals surface area contributed by atoms with Crippen LogP contribution in [0.2, 0.25) is 5.02 Å². The Morgan fingerprint density at radius 1 is 1.57 bits per heavy atom. The van der Waals surface area contributed by atoms with Crippen molar-refractivity contribution in [2.75, 3.05) is 0 Å². The fraction of sp³-hybridized carbons (Fsp3) is 0.111. The molecule has 0 saturated carbocycles. The van der Waals surface area contributed by atoms with Gasteiger partial charge in [-0.1, -0.05) is 11.6 Å². The van der Waals surface area contributed by atoms with E-state index in [2.05, 4.69) is 5.10 Å². The monoisotopic (exact) mass is 210 g/mol. The van der Waals surface area contributed by atoms with Crippen LogP contribution in [0.15, 0.2) is 18.3 Å². The molecule has 0 unspecified atom stereocenters. The molecule has 2 rings (SSSR count). The number of carboxylic acids is 1. The Labute approximate surface area is 84.7 Å². The van der Waals surface area contributed by atoms with Gasteiger partial charge in [0.25, 0.3) is 0 Å². The van der Waals surface area contributed by atoms with Crippen molar-refractivity contribution in [1.29, 1.82) is 0 Å². The fourth-order valence-electron chi connectivity index (χ4n) is 1.37. The van der Waals surface area contributed by atoms with E-state index in [1.165, 1.54) is 6.07 Å². The SMILES string of the molecule is Cn1cc2c(C(=O)O)ccc(Cl)c2n1. The summed E-state index contributed by atoms with van der Waals surface area (Å²) in [4.78, 5) is 10.9. The molecule has 0 spiro atoms. The normalized spacial score (nSPS) is 10.7. The van der Waals surface area contributed by atoms with Gasteiger partial charge in [-0.15, -0.1) is 0 Å². The van der Waals surface area contributed by atoms with Gasteiger partial charge in [-0.2, -0.15) is 5.10 Å². The molecule has 2 aromatic rings. The second kappa shape index (κ2) is 2.99. The van der Waals surface area contributed by atoms with Crippen LogP contribution in [0.5, 0.6) is 0 Å². The number of halogens is 1. The first-order valence-corrected chi connectivity index (χ1v) is 4.32. The molecular formula is C9H7ClN2O2. The average Bonchev–Trinajstić information content (AvgIpc) is 2.47. The van der Waals surface area contributed by atoms with Gasteiger partial charge in [-0.3, -0.25) is 4.68 Å². The molecule has 0 radical (unpaired) electrons. The van der Waals surface area contributed by atoms with Crippen LogP contribution >= 0.6 is 11.6 Å². The quantitative estimate of drug-likeness (QED) is 0.783. The Hall–Kier alpha value is -1.55. The van der Waals surface area contributed by atoms with Crippen molar-refractivity contribution in [3.63, 3.8) is 0 Å². The molecule has 0 saturated heterocycles. The number of carboxylic acid groups (broad SMARTS) is 1. The maximum Gasteiger partial charge on any atom is 0.336 e. The smallest absolute Gasteiger partial charge is 0.336 e. The molecule has 0 bridgehead atoms. The van der Waals surface area contributed by atoms with Crippen molar-refractivity contribution in [2.45, 2.75) is 0 Å². The minimum absolute atomic E-state index is 0.220. The number of aryl methyl sites for hydroxylation is 1. The molecule has 5 heteroatoms. The first kappa shape index (κ1) is 9.02. The van der Waals surface area contributed by atoms with Crippen LogP contribution in [0.1, 0.15) is 10.4 Å². The molecule has 1 aromatic heterocycles. The number of aromatic nitrogens is 2. The summed E-state index contributed by atoms with van der Waals surface area (Å²) in [6.07, 6.45) is 1.64. The first-order chi connectivity index (χ1) is 6.59. The maximum atomic E-state index is 10.9. The van der Waals surface area contributed by atoms with E-state index in [-0.39, 0.29) is 5.56 Å². The number of aromatic carboxylic acids is 1. The van der Waals surface area contributed by atoms with Gasteiger partial charge in [0.15, 0.2) is 0 Å². The van der Waals surface area contributed by atoms with Crippen molar-refractivity contribution in [1.82, 2.24) is 9.78 Å². The van der Waals surface area contributed by atoms with Crippen molar-refractivity contribution in [3.05, 3.63) is 28.9 Å². The molecule has 0 aliphatic heterocycles. The number of fused-ring (bicyclic) bond motifs is 1. The zero-order valence-corrected chi connectivity index (χ0v) is 8.12. The molecule has 0 atom stereocenters. The third-order valence-electron chi connectivity index (χ3n) is 1.97. The molecule has 14 heavy (non-hydrogen) atoms. The van der Waals surface area contributed by atoms with Gasteiger partial charge in [0.1, 0.15) is 5.52 Å². The summed E-state index contributed by atoms with van der Waals surface area (Å²) in [6, 6.07) is 3.02. The van der Waals surface area contributed by atoms with Crippen LogP contribution in [0.4, 0.5) is 0 Å². The Morgan fingerprint density at radius 2 is 2.29 bits per heavy atom. The Kier molecular flexibility index (Phi) is 1.93. The topological polar surface area (TPSA) is 55.1 Å². The van der Waals surface area contributed by atoms with Gasteiger partial charge in [0.2, 0.25) is 0 Å². The highest BCUT2D eigenvalue weighted by Gasteiger charge is 2.12. The average molecular weight is 211 g/mol. The Bertz CT molecular complexity index is 519. The lowest BCUT2D eigenvalue weighted by Crippen LogP contribution is -1.96. The molecule has 0 aliphatic carbocycles. The van der Waals surface area contributed by atoms with E-state index >= 15 is 0 Å². The van der Waals surface area contributed by atoms with E-state index in [1.54, 1.807) is 24.0 Å². The predicted octanol–water partition coefficient (Wildman–Crippen LogP) is 1.92. The van der Waals surface area contributed by atoms with Crippen LogP contribution in [-0.2, 0) is 7.05 Å². The number of carbonyl (C=O) groups is 1. The summed E-state index contributed by atoms with van der Waals surface area (Å²) in [7, 11) is 1.72. The summed E-state index contributed by atoms with van der Waals surface area (Å²) < 4.78 is 1.54. The van der Waals surface area contributed by atoms with E-state index in [9.17, 15) is 4.79 Å². The number of hydrogen-bond donors (Lipinski definition) is 1. The summed E-state index contributed by atoms with van der Waals surface area (Å²) in [5, 5.41) is 14.0. The van der Waals surface area contributed by atoms with Crippen LogP contribution in [0, 0.1) is 0 Å². The summed E-state index contributed by atoms with van der Waals surface area (Å²) in [5.41, 5.74) is 0.742. The van der Waals surface area contributed by atoms with Crippen molar-refractivity contribution < 1.29 is 9.90 Å². The molecule has 1 N–H and O–H groups in total. The first-order valence-electron chi connectivity index (χ1n) is 3.95. The van der Waals surface area contributed by atoms with Gasteiger partial charge in [0.05, 0.1) is 10.6 Å². The van der Waals surface area contributed by atoms with Gasteiger partial charge in [-0.25, -0.2) is 4.79 Å². The third-order valence-corrected chi connectivity index (χ3v) is 2.28. The highest BCUT2D eigenvalue weighted by molar-refractivity contribution is 6.35. The van der Waals surface area contributed by atoms with Crippen LogP contribution in [0.3, 0.4) is 0 Å². The number of nitrogens with zero attached hydrogens (tertiary/aromatic N) is 2. The molecule has 0 fully saturated rings. The predicted molar refractivity (Wildman–Crippen MR) is 52.7 cm³/mol. The van der Waals surface area contributed by atoms with Crippen LogP contribution in [0.25, 0.3) is 10.9 Å². The maximum absolute atomic E-state index is 10.9. The summed E-state index contributed by atoms with van der Waals surface area (Å²) in [6.45, 7) is 0. The highest BCUT2D eigenvalue weighted by atomic mass is 35.5. The lowest BCUT2D eigenvalue weighted by molar-refractivity contribution is 0.0699. The van der Waals surface area contributed by atoms with Gasteiger partial charge in [0, 0.05) is 18.6 Å². The lowest BCUT2D eigenvalue weighted by Gasteiger charge is -1.96. The second-order valence-electron chi connectivity index (χ2n) is 2.97. The van der Waals surface area contributed by atoms with Crippen LogP contribution < -0.4 is 0 Å². The molecular weight excluding hydrogens is 204 g/mol. The summed E-state index contributed by atoms with van der Waals surface area (Å²) in [5.74, 6) is -0.973. The van der Waals surface area contributed by atoms with Crippen LogP contribution in [-0.4, -0.2) is 20.9 Å². The number of benzene rings is 1. The van der Waals surface area contributed by atoms with E-state index in [1.807, 2.05) is 0 Å². The Morgan fingerprint density at radius 3 is 2.93 bits per heavy atom. The molecule has 1 aromatic carbocycles. The standard InChI is InChI=1S/C9H7ClN2O2/c1-12-4-6-5(9(13)14)2-3-7(10)8(6)11-12/h2-4H,1H3,(H,13,14). The van der Waals surface area contributed by atoms with Gasteiger partial charge < -0.3 is 5.11 Å². The van der Waals surface area contributed by atoms with Gasteiger partial charge >= 0.3 is 5.97 Å². The van der Waals surface area contributed by atoms with Crippen molar-refractivity contribution in [2.24, 2.45) is 7.05 Å². The lowest BCUT2D eigenvalue weighted by atomic mass is 10.1. The largest absolute Gasteiger partial charge is 0.478 e. The molecule has 0 aliphatic rings. The highest BCUT2D eigenvalue weighted by Crippen LogP contribution is 2.24. The van der Waals surface area contributed by atoms with Gasteiger partial charge in [-0.05, 0) is 12.1 Å². The fourth-order valence-corrected chi connectivity index (χ4v) is 1.58. The van der Waals surface area contributed by atoms with Crippen molar-refractivity contribution in [3.8, 4) is 0 Å². The molecule has 1 heterocycles. The van der Waals surface area contributed by atoms with E-state index in [0.29, 0.717) is 15.9 Å². The molecule has 0 amide bonds. The molecule has 72 valence electrons. The number of hydrogen-bond acceptors (Lipinski definition) is 2. The second-order valence-corrected chi connectivity index (χ2v) is 3.37. The Balaban J connectivity index is 2.87. The van der Waals surface area contributed by atoms with E-state index in [0.717, 1.165) is 0 Å². The minimum Gasteiger partial charge on any atom is -0.478 e. The van der Waals surface area contributed by atoms with E-state index < -0.39 is 5.97 Å². The van der Waals surface area contributed by atoms with E-state index in [4.69, 9.17) is 16.7 Å². The zero-order valence-electron chi connectivity index (χ0n) is 7.36. The summed E-state index contributed by atoms with van der Waals surface area (Å²) >= 11 is 5.88. The number of rotatable bonds is 1. The minimum atomic E-state index is -0.973. The zero-order chi connectivity index (χ0) is 10.3. The van der Waals surface area contributed by atoms with Crippen molar-refractivity contribution >= 4 is 28.5 Å². The third kappa shape index (κ3) is 1.24. The molecule has 4 nitrogen and oxygen atoms in total.